The van der Waals surface area contributed by atoms with E-state index in [9.17, 15) is 4.79 Å². The van der Waals surface area contributed by atoms with Gasteiger partial charge in [-0.25, -0.2) is 4.79 Å². The van der Waals surface area contributed by atoms with Crippen LogP contribution in [0.5, 0.6) is 0 Å². The summed E-state index contributed by atoms with van der Waals surface area (Å²) in [4.78, 5) is 11.1. The lowest BCUT2D eigenvalue weighted by molar-refractivity contribution is 0.0985. The first kappa shape index (κ1) is 14.2. The van der Waals surface area contributed by atoms with Crippen molar-refractivity contribution in [2.24, 2.45) is 0 Å². The Morgan fingerprint density at radius 1 is 1.36 bits per heavy atom. The third-order valence-electron chi connectivity index (χ3n) is 1.90. The number of ether oxygens (including phenoxy) is 1. The van der Waals surface area contributed by atoms with Crippen molar-refractivity contribution in [3.05, 3.63) is 0 Å². The van der Waals surface area contributed by atoms with Gasteiger partial charge in [-0.3, -0.25) is 0 Å². The second kappa shape index (κ2) is 8.53. The Bertz CT molecular complexity index is 165. The van der Waals surface area contributed by atoms with Crippen LogP contribution in [0.15, 0.2) is 0 Å². The van der Waals surface area contributed by atoms with E-state index < -0.39 is 6.09 Å². The number of carbonyl (C=O) groups is 1. The van der Waals surface area contributed by atoms with Gasteiger partial charge in [-0.1, -0.05) is 26.2 Å². The number of nitrogens with zero attached hydrogens (tertiary/aromatic N) is 1. The van der Waals surface area contributed by atoms with Crippen LogP contribution >= 0.6 is 32.3 Å². The van der Waals surface area contributed by atoms with Crippen LogP contribution in [-0.2, 0) is 4.74 Å². The maximum absolute atomic E-state index is 11.1. The van der Waals surface area contributed by atoms with E-state index in [1.165, 1.54) is 19.3 Å². The molecule has 0 aromatic heterocycles. The van der Waals surface area contributed by atoms with E-state index in [0.717, 1.165) is 15.8 Å². The fraction of sp³-hybridized carbons (Fsp3) is 0.889. The van der Waals surface area contributed by atoms with Crippen molar-refractivity contribution >= 4 is 38.4 Å². The lowest BCUT2D eigenvalue weighted by atomic mass is 10.1. The molecule has 0 fully saturated rings. The Balaban J connectivity index is 3.45. The smallest absolute Gasteiger partial charge is 0.430 e. The van der Waals surface area contributed by atoms with Crippen LogP contribution in [0, 0.1) is 0 Å². The molecule has 0 radical (unpaired) electrons. The lowest BCUT2D eigenvalue weighted by Gasteiger charge is -2.14. The molecule has 1 atom stereocenters. The molecule has 0 saturated heterocycles. The number of unbranched alkanes of at least 4 members (excludes halogenated alkanes) is 3. The third-order valence-corrected chi connectivity index (χ3v) is 2.48. The normalized spacial score (nSPS) is 12.3. The highest BCUT2D eigenvalue weighted by molar-refractivity contribution is 9.21. The monoisotopic (exact) mass is 329 g/mol. The van der Waals surface area contributed by atoms with Gasteiger partial charge >= 0.3 is 6.09 Å². The molecule has 1 amide bonds. The van der Waals surface area contributed by atoms with Crippen molar-refractivity contribution in [3.8, 4) is 0 Å². The van der Waals surface area contributed by atoms with Crippen LogP contribution in [-0.4, -0.2) is 15.1 Å². The molecule has 84 valence electrons. The summed E-state index contributed by atoms with van der Waals surface area (Å²) in [5.41, 5.74) is 0. The van der Waals surface area contributed by atoms with E-state index in [4.69, 9.17) is 4.74 Å². The molecule has 0 N–H and O–H groups in total. The molecule has 0 spiro atoms. The summed E-state index contributed by atoms with van der Waals surface area (Å²) < 4.78 is 6.17. The zero-order valence-electron chi connectivity index (χ0n) is 8.63. The quantitative estimate of drug-likeness (QED) is 0.533. The van der Waals surface area contributed by atoms with Crippen LogP contribution in [0.25, 0.3) is 0 Å². The van der Waals surface area contributed by atoms with Crippen LogP contribution in [0.1, 0.15) is 46.0 Å². The van der Waals surface area contributed by atoms with Gasteiger partial charge in [-0.2, -0.15) is 2.95 Å². The van der Waals surface area contributed by atoms with E-state index in [-0.39, 0.29) is 6.10 Å². The molecular weight excluding hydrogens is 314 g/mol. The predicted molar refractivity (Wildman–Crippen MR) is 64.4 cm³/mol. The second-order valence-corrected chi connectivity index (χ2v) is 5.65. The molecule has 1 unspecified atom stereocenters. The number of amides is 1. The Hall–Kier alpha value is 0.230. The summed E-state index contributed by atoms with van der Waals surface area (Å²) in [7, 11) is 0. The van der Waals surface area contributed by atoms with Gasteiger partial charge in [-0.05, 0) is 19.8 Å². The molecule has 0 aromatic rings. The number of hydrogen-bond donors (Lipinski definition) is 0. The number of hydrogen-bond acceptors (Lipinski definition) is 2. The van der Waals surface area contributed by atoms with Crippen molar-refractivity contribution in [2.45, 2.75) is 52.1 Å². The molecule has 0 aliphatic heterocycles. The Kier molecular flexibility index (Phi) is 8.67. The molecule has 0 heterocycles. The van der Waals surface area contributed by atoms with E-state index in [2.05, 4.69) is 39.2 Å². The Morgan fingerprint density at radius 3 is 2.50 bits per heavy atom. The van der Waals surface area contributed by atoms with Gasteiger partial charge in [0.05, 0.1) is 32.3 Å². The first-order valence-corrected chi connectivity index (χ1v) is 6.32. The minimum absolute atomic E-state index is 0.0167. The zero-order chi connectivity index (χ0) is 11.0. The first-order chi connectivity index (χ1) is 6.57. The molecule has 0 aromatic carbocycles. The van der Waals surface area contributed by atoms with Gasteiger partial charge in [0.1, 0.15) is 6.10 Å². The number of halogens is 2. The maximum Gasteiger partial charge on any atom is 0.430 e. The SMILES string of the molecule is CCCCCCC(C)OC(=O)N(Br)Br. The van der Waals surface area contributed by atoms with Gasteiger partial charge in [0.15, 0.2) is 0 Å². The highest BCUT2D eigenvalue weighted by atomic mass is 79.9. The fourth-order valence-electron chi connectivity index (χ4n) is 1.13. The lowest BCUT2D eigenvalue weighted by Crippen LogP contribution is -2.19. The average molecular weight is 331 g/mol. The highest BCUT2D eigenvalue weighted by Gasteiger charge is 2.12. The van der Waals surface area contributed by atoms with Crippen molar-refractivity contribution in [3.63, 3.8) is 0 Å². The molecule has 0 aliphatic carbocycles. The van der Waals surface area contributed by atoms with Crippen molar-refractivity contribution < 1.29 is 9.53 Å². The van der Waals surface area contributed by atoms with Crippen LogP contribution in [0.2, 0.25) is 0 Å². The largest absolute Gasteiger partial charge is 0.445 e. The Labute approximate surface area is 103 Å². The van der Waals surface area contributed by atoms with Gasteiger partial charge in [-0.15, -0.1) is 0 Å². The van der Waals surface area contributed by atoms with Gasteiger partial charge in [0.2, 0.25) is 0 Å². The Morgan fingerprint density at radius 2 is 2.00 bits per heavy atom. The maximum atomic E-state index is 11.1. The van der Waals surface area contributed by atoms with Gasteiger partial charge in [0, 0.05) is 0 Å². The zero-order valence-corrected chi connectivity index (χ0v) is 11.8. The van der Waals surface area contributed by atoms with E-state index in [0.29, 0.717) is 0 Å². The molecule has 0 saturated carbocycles. The number of rotatable bonds is 6. The summed E-state index contributed by atoms with van der Waals surface area (Å²) in [6.07, 6.45) is 5.32. The second-order valence-electron chi connectivity index (χ2n) is 3.28. The minimum atomic E-state index is -0.409. The molecule has 0 bridgehead atoms. The van der Waals surface area contributed by atoms with Gasteiger partial charge in [0.25, 0.3) is 0 Å². The summed E-state index contributed by atoms with van der Waals surface area (Å²) in [6.45, 7) is 4.09. The summed E-state index contributed by atoms with van der Waals surface area (Å²) in [5, 5.41) is 0. The predicted octanol–water partition coefficient (Wildman–Crippen LogP) is 4.40. The van der Waals surface area contributed by atoms with E-state index in [1.54, 1.807) is 0 Å². The standard InChI is InChI=1S/C9H17Br2NO2/c1-3-4-5-6-7-8(2)14-9(13)12(10)11/h8H,3-7H2,1-2H3. The first-order valence-electron chi connectivity index (χ1n) is 4.90. The minimum Gasteiger partial charge on any atom is -0.445 e. The topological polar surface area (TPSA) is 29.5 Å². The third kappa shape index (κ3) is 7.62. The highest BCUT2D eigenvalue weighted by Crippen LogP contribution is 2.13. The molecule has 0 rings (SSSR count). The molecule has 0 aliphatic rings. The summed E-state index contributed by atoms with van der Waals surface area (Å²) >= 11 is 5.87. The number of carbonyl (C=O) groups excluding carboxylic acids is 1. The van der Waals surface area contributed by atoms with Crippen molar-refractivity contribution in [1.82, 2.24) is 2.95 Å². The molecule has 5 heteroatoms. The molecular formula is C9H17Br2NO2. The van der Waals surface area contributed by atoms with E-state index >= 15 is 0 Å². The van der Waals surface area contributed by atoms with Crippen LogP contribution in [0.3, 0.4) is 0 Å². The van der Waals surface area contributed by atoms with E-state index in [1.807, 2.05) is 6.92 Å². The molecule has 14 heavy (non-hydrogen) atoms. The van der Waals surface area contributed by atoms with Gasteiger partial charge < -0.3 is 4.74 Å². The molecule has 3 nitrogen and oxygen atoms in total. The fourth-order valence-corrected chi connectivity index (χ4v) is 1.30. The van der Waals surface area contributed by atoms with Crippen LogP contribution < -0.4 is 0 Å². The summed E-state index contributed by atoms with van der Waals surface area (Å²) in [6, 6.07) is 0. The van der Waals surface area contributed by atoms with Crippen LogP contribution in [0.4, 0.5) is 4.79 Å². The summed E-state index contributed by atoms with van der Waals surface area (Å²) in [5.74, 6) is 0. The van der Waals surface area contributed by atoms with Crippen molar-refractivity contribution in [1.29, 1.82) is 0 Å². The average Bonchev–Trinajstić information content (AvgIpc) is 2.12. The van der Waals surface area contributed by atoms with Crippen molar-refractivity contribution in [2.75, 3.05) is 0 Å².